The summed E-state index contributed by atoms with van der Waals surface area (Å²) in [5.41, 5.74) is 1.37. The Kier molecular flexibility index (Phi) is 12.6. The third-order valence-corrected chi connectivity index (χ3v) is 3.94. The molecule has 1 atom stereocenters. The number of halogens is 6. The third kappa shape index (κ3) is 6.60. The molecule has 0 aromatic carbocycles. The summed E-state index contributed by atoms with van der Waals surface area (Å²) in [6.45, 7) is 0. The SMILES string of the molecule is FC=CC(C=CCl)(C=CBr)C(C=CI)=C(Br)C=CCCl. The van der Waals surface area contributed by atoms with E-state index in [9.17, 15) is 4.39 Å². The predicted molar refractivity (Wildman–Crippen MR) is 105 cm³/mol. The van der Waals surface area contributed by atoms with Gasteiger partial charge in [-0.05, 0) is 20.7 Å². The van der Waals surface area contributed by atoms with Gasteiger partial charge in [-0.2, -0.15) is 0 Å². The molecule has 0 fully saturated rings. The van der Waals surface area contributed by atoms with Crippen LogP contribution in [0.3, 0.4) is 0 Å². The number of rotatable bonds is 7. The summed E-state index contributed by atoms with van der Waals surface area (Å²) in [4.78, 5) is 1.66. The van der Waals surface area contributed by atoms with E-state index in [2.05, 4.69) is 54.5 Å². The van der Waals surface area contributed by atoms with Crippen molar-refractivity contribution in [2.75, 3.05) is 5.88 Å². The standard InChI is InChI=1S/C14H12Br2Cl2FI/c15-7-4-14(5-9-18,6-10-19)12(3-11-20)13(16)2-1-8-17/h1-7,9-11H,8H2. The molecule has 110 valence electrons. The predicted octanol–water partition coefficient (Wildman–Crippen LogP) is 7.51. The van der Waals surface area contributed by atoms with E-state index < -0.39 is 5.41 Å². The molecule has 0 aliphatic carbocycles. The molecule has 0 rings (SSSR count). The minimum absolute atomic E-state index is 0.391. The molecule has 0 heterocycles. The Morgan fingerprint density at radius 3 is 2.40 bits per heavy atom. The molecule has 0 nitrogen and oxygen atoms in total. The monoisotopic (exact) mass is 554 g/mol. The Balaban J connectivity index is 6.22. The highest BCUT2D eigenvalue weighted by atomic mass is 127. The molecule has 0 aromatic heterocycles. The molecule has 6 heteroatoms. The fourth-order valence-corrected chi connectivity index (χ4v) is 3.24. The molecule has 0 radical (unpaired) electrons. The van der Waals surface area contributed by atoms with Gasteiger partial charge in [0.25, 0.3) is 0 Å². The van der Waals surface area contributed by atoms with Gasteiger partial charge in [0.05, 0.1) is 11.7 Å². The molecule has 0 aliphatic rings. The van der Waals surface area contributed by atoms with Crippen LogP contribution in [-0.4, -0.2) is 5.88 Å². The first-order valence-electron chi connectivity index (χ1n) is 5.35. The highest BCUT2D eigenvalue weighted by Gasteiger charge is 2.26. The minimum atomic E-state index is -0.808. The second-order valence-corrected chi connectivity index (χ2v) is 6.08. The molecule has 1 unspecified atom stereocenters. The van der Waals surface area contributed by atoms with Crippen molar-refractivity contribution in [3.8, 4) is 0 Å². The van der Waals surface area contributed by atoms with Crippen LogP contribution in [0.15, 0.2) is 67.4 Å². The van der Waals surface area contributed by atoms with Crippen LogP contribution in [0, 0.1) is 5.41 Å². The third-order valence-electron chi connectivity index (χ3n) is 2.32. The van der Waals surface area contributed by atoms with Crippen LogP contribution in [0.5, 0.6) is 0 Å². The van der Waals surface area contributed by atoms with Gasteiger partial charge >= 0.3 is 0 Å². The molecule has 0 aromatic rings. The molecule has 0 N–H and O–H groups in total. The van der Waals surface area contributed by atoms with Crippen molar-refractivity contribution in [2.24, 2.45) is 5.41 Å². The van der Waals surface area contributed by atoms with Crippen molar-refractivity contribution in [3.05, 3.63) is 67.4 Å². The Labute approximate surface area is 159 Å². The van der Waals surface area contributed by atoms with Gasteiger partial charge in [-0.1, -0.05) is 96.4 Å². The molecule has 0 amide bonds. The number of alkyl halides is 1. The van der Waals surface area contributed by atoms with Crippen LogP contribution in [0.25, 0.3) is 0 Å². The Hall–Kier alpha value is 0.640. The number of allylic oxidation sites excluding steroid dienone is 8. The first-order valence-corrected chi connectivity index (χ1v) is 9.27. The first kappa shape index (κ1) is 20.6. The molecule has 0 bridgehead atoms. The summed E-state index contributed by atoms with van der Waals surface area (Å²) < 4.78 is 15.5. The fraction of sp³-hybridized carbons (Fsp3) is 0.143. The molecule has 0 saturated heterocycles. The molecule has 20 heavy (non-hydrogen) atoms. The lowest BCUT2D eigenvalue weighted by atomic mass is 9.80. The van der Waals surface area contributed by atoms with Crippen molar-refractivity contribution in [3.63, 3.8) is 0 Å². The molecular formula is C14H12Br2Cl2FI. The summed E-state index contributed by atoms with van der Waals surface area (Å²) >= 11 is 20.2. The topological polar surface area (TPSA) is 0 Å². The maximum atomic E-state index is 12.8. The highest BCUT2D eigenvalue weighted by Crippen LogP contribution is 2.39. The van der Waals surface area contributed by atoms with Crippen LogP contribution in [0.4, 0.5) is 4.39 Å². The Morgan fingerprint density at radius 2 is 1.95 bits per heavy atom. The van der Waals surface area contributed by atoms with Crippen LogP contribution < -0.4 is 0 Å². The average molecular weight is 557 g/mol. The van der Waals surface area contributed by atoms with Gasteiger partial charge in [0.1, 0.15) is 0 Å². The zero-order valence-corrected chi connectivity index (χ0v) is 17.1. The lowest BCUT2D eigenvalue weighted by Gasteiger charge is -2.25. The first-order chi connectivity index (χ1) is 9.61. The van der Waals surface area contributed by atoms with Crippen LogP contribution in [0.2, 0.25) is 0 Å². The number of hydrogen-bond acceptors (Lipinski definition) is 0. The van der Waals surface area contributed by atoms with Crippen molar-refractivity contribution >= 4 is 77.7 Å². The quantitative estimate of drug-likeness (QED) is 0.173. The van der Waals surface area contributed by atoms with Crippen molar-refractivity contribution in [1.82, 2.24) is 0 Å². The second-order valence-electron chi connectivity index (χ2n) is 3.42. The van der Waals surface area contributed by atoms with E-state index in [0.29, 0.717) is 12.2 Å². The largest absolute Gasteiger partial charge is 0.216 e. The lowest BCUT2D eigenvalue weighted by molar-refractivity contribution is 0.681. The van der Waals surface area contributed by atoms with Crippen LogP contribution in [-0.2, 0) is 0 Å². The fourth-order valence-electron chi connectivity index (χ4n) is 1.48. The molecule has 0 spiro atoms. The van der Waals surface area contributed by atoms with E-state index in [-0.39, 0.29) is 0 Å². The Bertz CT molecular complexity index is 435. The zero-order valence-electron chi connectivity index (χ0n) is 10.2. The van der Waals surface area contributed by atoms with Gasteiger partial charge in [-0.15, -0.1) is 11.6 Å². The second kappa shape index (κ2) is 12.2. The lowest BCUT2D eigenvalue weighted by Crippen LogP contribution is -2.15. The highest BCUT2D eigenvalue weighted by molar-refractivity contribution is 14.1. The van der Waals surface area contributed by atoms with Crippen molar-refractivity contribution in [2.45, 2.75) is 0 Å². The zero-order chi connectivity index (χ0) is 15.4. The van der Waals surface area contributed by atoms with Gasteiger partial charge in [-0.25, -0.2) is 4.39 Å². The van der Waals surface area contributed by atoms with Crippen molar-refractivity contribution < 1.29 is 4.39 Å². The maximum Gasteiger partial charge on any atom is 0.0842 e. The molecule has 0 saturated carbocycles. The maximum absolute atomic E-state index is 12.8. The summed E-state index contributed by atoms with van der Waals surface area (Å²) in [5.74, 6) is 0.391. The van der Waals surface area contributed by atoms with Crippen LogP contribution in [0.1, 0.15) is 0 Å². The minimum Gasteiger partial charge on any atom is -0.216 e. The van der Waals surface area contributed by atoms with E-state index in [4.69, 9.17) is 23.2 Å². The van der Waals surface area contributed by atoms with E-state index >= 15 is 0 Å². The van der Waals surface area contributed by atoms with E-state index in [0.717, 1.165) is 10.1 Å². The van der Waals surface area contributed by atoms with Gasteiger partial charge < -0.3 is 0 Å². The van der Waals surface area contributed by atoms with Gasteiger partial charge in [-0.3, -0.25) is 0 Å². The van der Waals surface area contributed by atoms with Crippen molar-refractivity contribution in [1.29, 1.82) is 0 Å². The van der Waals surface area contributed by atoms with E-state index in [1.165, 1.54) is 11.6 Å². The number of hydrogen-bond donors (Lipinski definition) is 0. The average Bonchev–Trinajstić information content (AvgIpc) is 2.42. The summed E-state index contributed by atoms with van der Waals surface area (Å²) in [5, 5.41) is 0. The molecule has 0 aliphatic heterocycles. The van der Waals surface area contributed by atoms with Gasteiger partial charge in [0.2, 0.25) is 0 Å². The summed E-state index contributed by atoms with van der Waals surface area (Å²) in [6.07, 6.45) is 10.9. The van der Waals surface area contributed by atoms with Gasteiger partial charge in [0, 0.05) is 15.9 Å². The normalized spacial score (nSPS) is 17.9. The van der Waals surface area contributed by atoms with Gasteiger partial charge in [0.15, 0.2) is 0 Å². The van der Waals surface area contributed by atoms with E-state index in [1.807, 2.05) is 16.2 Å². The van der Waals surface area contributed by atoms with Crippen LogP contribution >= 0.6 is 77.7 Å². The summed E-state index contributed by atoms with van der Waals surface area (Å²) in [6, 6.07) is 0. The Morgan fingerprint density at radius 1 is 1.25 bits per heavy atom. The van der Waals surface area contributed by atoms with E-state index in [1.54, 1.807) is 23.2 Å². The smallest absolute Gasteiger partial charge is 0.0842 e. The molecular weight excluding hydrogens is 545 g/mol. The summed E-state index contributed by atoms with van der Waals surface area (Å²) in [7, 11) is 0.